The van der Waals surface area contributed by atoms with Crippen LogP contribution in [0.1, 0.15) is 69.6 Å². The van der Waals surface area contributed by atoms with Crippen LogP contribution in [0.4, 0.5) is 5.13 Å². The number of rotatable bonds is 1. The van der Waals surface area contributed by atoms with E-state index in [2.05, 4.69) is 25.7 Å². The molecule has 2 aliphatic rings. The molecule has 2 heterocycles. The lowest BCUT2D eigenvalue weighted by atomic mass is 9.77. The first-order chi connectivity index (χ1) is 9.95. The summed E-state index contributed by atoms with van der Waals surface area (Å²) in [4.78, 5) is 8.43. The Bertz CT molecular complexity index is 491. The molecule has 1 N–H and O–H groups in total. The van der Waals surface area contributed by atoms with Crippen molar-refractivity contribution in [3.8, 4) is 0 Å². The largest absolute Gasteiger partial charge is 0.388 e. The van der Waals surface area contributed by atoms with Crippen LogP contribution in [0.3, 0.4) is 0 Å². The summed E-state index contributed by atoms with van der Waals surface area (Å²) in [6, 6.07) is 0. The molecule has 1 aromatic heterocycles. The molecule has 0 radical (unpaired) electrons. The van der Waals surface area contributed by atoms with E-state index >= 15 is 0 Å². The number of aromatic nitrogens is 1. The highest BCUT2D eigenvalue weighted by Crippen LogP contribution is 2.39. The zero-order valence-corrected chi connectivity index (χ0v) is 14.4. The first kappa shape index (κ1) is 15.3. The molecule has 0 bridgehead atoms. The van der Waals surface area contributed by atoms with Crippen LogP contribution in [0.15, 0.2) is 0 Å². The molecule has 21 heavy (non-hydrogen) atoms. The van der Waals surface area contributed by atoms with E-state index in [0.29, 0.717) is 5.41 Å². The second-order valence-corrected chi connectivity index (χ2v) is 8.71. The van der Waals surface area contributed by atoms with E-state index in [0.717, 1.165) is 54.0 Å². The standard InChI is InChI=1S/C17H28N2OS/c1-17(2,3)12-6-5-10-19(11-9-12)16-18-13-7-4-8-14(20)15(13)21-16/h12,14,20H,4-11H2,1-3H3. The van der Waals surface area contributed by atoms with Crippen LogP contribution in [0.25, 0.3) is 0 Å². The summed E-state index contributed by atoms with van der Waals surface area (Å²) in [6.45, 7) is 9.34. The monoisotopic (exact) mass is 308 g/mol. The van der Waals surface area contributed by atoms with Crippen molar-refractivity contribution in [2.24, 2.45) is 11.3 Å². The highest BCUT2D eigenvalue weighted by atomic mass is 32.1. The lowest BCUT2D eigenvalue weighted by Crippen LogP contribution is -2.26. The van der Waals surface area contributed by atoms with Gasteiger partial charge in [0.2, 0.25) is 0 Å². The van der Waals surface area contributed by atoms with E-state index in [4.69, 9.17) is 4.98 Å². The fourth-order valence-electron chi connectivity index (χ4n) is 3.67. The second kappa shape index (κ2) is 5.88. The summed E-state index contributed by atoms with van der Waals surface area (Å²) in [7, 11) is 0. The molecule has 2 unspecified atom stereocenters. The summed E-state index contributed by atoms with van der Waals surface area (Å²) in [5.41, 5.74) is 1.57. The molecule has 1 aliphatic heterocycles. The average molecular weight is 308 g/mol. The van der Waals surface area contributed by atoms with Crippen molar-refractivity contribution >= 4 is 16.5 Å². The van der Waals surface area contributed by atoms with Gasteiger partial charge in [-0.05, 0) is 49.9 Å². The van der Waals surface area contributed by atoms with Gasteiger partial charge in [0, 0.05) is 13.1 Å². The predicted molar refractivity (Wildman–Crippen MR) is 89.0 cm³/mol. The first-order valence-electron chi connectivity index (χ1n) is 8.38. The third-order valence-corrected chi connectivity index (χ3v) is 6.39. The van der Waals surface area contributed by atoms with Crippen LogP contribution in [0.2, 0.25) is 0 Å². The first-order valence-corrected chi connectivity index (χ1v) is 9.19. The minimum absolute atomic E-state index is 0.269. The minimum Gasteiger partial charge on any atom is -0.388 e. The van der Waals surface area contributed by atoms with Gasteiger partial charge in [-0.2, -0.15) is 0 Å². The Labute approximate surface area is 132 Å². The quantitative estimate of drug-likeness (QED) is 0.846. The number of fused-ring (bicyclic) bond motifs is 1. The highest BCUT2D eigenvalue weighted by Gasteiger charge is 2.29. The van der Waals surface area contributed by atoms with Gasteiger partial charge >= 0.3 is 0 Å². The number of nitrogens with zero attached hydrogens (tertiary/aromatic N) is 2. The fraction of sp³-hybridized carbons (Fsp3) is 0.824. The smallest absolute Gasteiger partial charge is 0.185 e. The van der Waals surface area contributed by atoms with Crippen molar-refractivity contribution in [3.63, 3.8) is 0 Å². The molecule has 0 spiro atoms. The Morgan fingerprint density at radius 2 is 1.95 bits per heavy atom. The maximum absolute atomic E-state index is 10.1. The van der Waals surface area contributed by atoms with Gasteiger partial charge in [-0.25, -0.2) is 4.98 Å². The van der Waals surface area contributed by atoms with Gasteiger partial charge in [0.25, 0.3) is 0 Å². The summed E-state index contributed by atoms with van der Waals surface area (Å²) in [5, 5.41) is 11.3. The second-order valence-electron chi connectivity index (χ2n) is 7.70. The predicted octanol–water partition coefficient (Wildman–Crippen LogP) is 4.17. The van der Waals surface area contributed by atoms with Crippen molar-refractivity contribution in [1.29, 1.82) is 0 Å². The number of anilines is 1. The molecule has 118 valence electrons. The van der Waals surface area contributed by atoms with Crippen LogP contribution in [-0.4, -0.2) is 23.2 Å². The van der Waals surface area contributed by atoms with Crippen LogP contribution in [0, 0.1) is 11.3 Å². The van der Waals surface area contributed by atoms with Crippen molar-refractivity contribution in [2.75, 3.05) is 18.0 Å². The van der Waals surface area contributed by atoms with Gasteiger partial charge in [0.1, 0.15) is 0 Å². The Hall–Kier alpha value is -0.610. The Kier molecular flexibility index (Phi) is 4.28. The number of thiazole rings is 1. The van der Waals surface area contributed by atoms with E-state index in [9.17, 15) is 5.11 Å². The fourth-order valence-corrected chi connectivity index (χ4v) is 4.86. The summed E-state index contributed by atoms with van der Waals surface area (Å²) in [6.07, 6.45) is 6.60. The Morgan fingerprint density at radius 1 is 1.14 bits per heavy atom. The normalized spacial score (nSPS) is 27.3. The van der Waals surface area contributed by atoms with E-state index < -0.39 is 0 Å². The number of hydrogen-bond donors (Lipinski definition) is 1. The minimum atomic E-state index is -0.269. The summed E-state index contributed by atoms with van der Waals surface area (Å²) in [5.74, 6) is 0.808. The van der Waals surface area contributed by atoms with Crippen molar-refractivity contribution < 1.29 is 5.11 Å². The van der Waals surface area contributed by atoms with Gasteiger partial charge in [-0.15, -0.1) is 0 Å². The van der Waals surface area contributed by atoms with E-state index in [1.54, 1.807) is 11.3 Å². The van der Waals surface area contributed by atoms with Gasteiger partial charge in [-0.3, -0.25) is 0 Å². The zero-order valence-electron chi connectivity index (χ0n) is 13.6. The van der Waals surface area contributed by atoms with Crippen LogP contribution < -0.4 is 4.90 Å². The summed E-state index contributed by atoms with van der Waals surface area (Å²) < 4.78 is 0. The molecule has 3 nitrogen and oxygen atoms in total. The molecular formula is C17H28N2OS. The SMILES string of the molecule is CC(C)(C)C1CCCN(c2nc3c(s2)C(O)CCC3)CC1. The average Bonchev–Trinajstić information content (AvgIpc) is 2.68. The van der Waals surface area contributed by atoms with Gasteiger partial charge < -0.3 is 10.0 Å². The number of aryl methyl sites for hydroxylation is 1. The number of hydrogen-bond acceptors (Lipinski definition) is 4. The van der Waals surface area contributed by atoms with Crippen molar-refractivity contribution in [1.82, 2.24) is 4.98 Å². The summed E-state index contributed by atoms with van der Waals surface area (Å²) >= 11 is 1.73. The molecule has 4 heteroatoms. The topological polar surface area (TPSA) is 36.4 Å². The van der Waals surface area contributed by atoms with Crippen LogP contribution >= 0.6 is 11.3 Å². The molecule has 0 aromatic carbocycles. The highest BCUT2D eigenvalue weighted by molar-refractivity contribution is 7.15. The van der Waals surface area contributed by atoms with Gasteiger partial charge in [0.05, 0.1) is 16.7 Å². The maximum Gasteiger partial charge on any atom is 0.185 e. The van der Waals surface area contributed by atoms with Gasteiger partial charge in [-0.1, -0.05) is 32.1 Å². The van der Waals surface area contributed by atoms with Crippen LogP contribution in [-0.2, 0) is 6.42 Å². The molecule has 2 atom stereocenters. The molecule has 1 aliphatic carbocycles. The van der Waals surface area contributed by atoms with E-state index in [1.807, 2.05) is 0 Å². The molecular weight excluding hydrogens is 280 g/mol. The third kappa shape index (κ3) is 3.26. The van der Waals surface area contributed by atoms with Crippen molar-refractivity contribution in [3.05, 3.63) is 10.6 Å². The lowest BCUT2D eigenvalue weighted by molar-refractivity contribution is 0.160. The molecule has 0 saturated carbocycles. The Morgan fingerprint density at radius 3 is 2.67 bits per heavy atom. The third-order valence-electron chi connectivity index (χ3n) is 5.13. The van der Waals surface area contributed by atoms with Crippen LogP contribution in [0.5, 0.6) is 0 Å². The van der Waals surface area contributed by atoms with E-state index in [-0.39, 0.29) is 6.10 Å². The lowest BCUT2D eigenvalue weighted by Gasteiger charge is -2.29. The molecule has 1 aromatic rings. The van der Waals surface area contributed by atoms with E-state index in [1.165, 1.54) is 19.3 Å². The molecule has 1 saturated heterocycles. The number of aliphatic hydroxyl groups excluding tert-OH is 1. The Balaban J connectivity index is 1.73. The molecule has 0 amide bonds. The maximum atomic E-state index is 10.1. The molecule has 3 rings (SSSR count). The number of aliphatic hydroxyl groups is 1. The van der Waals surface area contributed by atoms with Gasteiger partial charge in [0.15, 0.2) is 5.13 Å². The zero-order chi connectivity index (χ0) is 15.0. The van der Waals surface area contributed by atoms with Crippen molar-refractivity contribution in [2.45, 2.75) is 65.4 Å². The molecule has 1 fully saturated rings.